The number of hydrogen-bond donors (Lipinski definition) is 1. The first kappa shape index (κ1) is 12.4. The zero-order valence-electron chi connectivity index (χ0n) is 11.4. The number of halogens is 1. The van der Waals surface area contributed by atoms with Crippen molar-refractivity contribution in [2.75, 3.05) is 0 Å². The molecular formula is C15H17FN2O. The van der Waals surface area contributed by atoms with E-state index in [4.69, 9.17) is 4.52 Å². The van der Waals surface area contributed by atoms with Crippen LogP contribution >= 0.6 is 0 Å². The molecule has 1 aliphatic carbocycles. The molecule has 1 N–H and O–H groups in total. The molecule has 0 radical (unpaired) electrons. The molecule has 2 aromatic rings. The van der Waals surface area contributed by atoms with E-state index >= 15 is 0 Å². The largest absolute Gasteiger partial charge is 0.356 e. The molecule has 100 valence electrons. The van der Waals surface area contributed by atoms with Gasteiger partial charge in [-0.25, -0.2) is 4.39 Å². The lowest BCUT2D eigenvalue weighted by Gasteiger charge is -2.19. The molecule has 4 heteroatoms. The summed E-state index contributed by atoms with van der Waals surface area (Å²) < 4.78 is 18.7. The predicted octanol–water partition coefficient (Wildman–Crippen LogP) is 3.27. The Morgan fingerprint density at radius 1 is 1.37 bits per heavy atom. The van der Waals surface area contributed by atoms with Crippen LogP contribution in [0.2, 0.25) is 0 Å². The van der Waals surface area contributed by atoms with Gasteiger partial charge in [0.15, 0.2) is 5.76 Å². The lowest BCUT2D eigenvalue weighted by Crippen LogP contribution is -2.35. The number of fused-ring (bicyclic) bond motifs is 3. The highest BCUT2D eigenvalue weighted by atomic mass is 19.1. The zero-order chi connectivity index (χ0) is 13.6. The topological polar surface area (TPSA) is 38.1 Å². The Hall–Kier alpha value is -1.68. The van der Waals surface area contributed by atoms with E-state index in [1.54, 1.807) is 12.1 Å². The highest BCUT2D eigenvalue weighted by molar-refractivity contribution is 5.72. The minimum absolute atomic E-state index is 0.0311. The number of aromatic nitrogens is 1. The molecule has 0 fully saturated rings. The molecule has 3 nitrogen and oxygen atoms in total. The van der Waals surface area contributed by atoms with Gasteiger partial charge in [-0.05, 0) is 44.5 Å². The number of nitrogens with one attached hydrogen (secondary N) is 1. The molecule has 0 saturated carbocycles. The highest BCUT2D eigenvalue weighted by Gasteiger charge is 2.27. The van der Waals surface area contributed by atoms with Crippen LogP contribution in [0.25, 0.3) is 11.3 Å². The van der Waals surface area contributed by atoms with E-state index in [0.29, 0.717) is 13.0 Å². The van der Waals surface area contributed by atoms with Gasteiger partial charge in [-0.2, -0.15) is 0 Å². The van der Waals surface area contributed by atoms with Crippen molar-refractivity contribution in [3.05, 3.63) is 40.8 Å². The summed E-state index contributed by atoms with van der Waals surface area (Å²) >= 11 is 0. The summed E-state index contributed by atoms with van der Waals surface area (Å²) in [6, 6.07) is 4.80. The van der Waals surface area contributed by atoms with Crippen LogP contribution in [0.3, 0.4) is 0 Å². The number of rotatable bonds is 2. The maximum Gasteiger partial charge on any atom is 0.170 e. The van der Waals surface area contributed by atoms with Gasteiger partial charge in [0.05, 0.1) is 0 Å². The molecular weight excluding hydrogens is 243 g/mol. The van der Waals surface area contributed by atoms with Crippen molar-refractivity contribution in [3.8, 4) is 11.3 Å². The fourth-order valence-electron chi connectivity index (χ4n) is 2.34. The van der Waals surface area contributed by atoms with Gasteiger partial charge in [-0.3, -0.25) is 0 Å². The summed E-state index contributed by atoms with van der Waals surface area (Å²) in [6.45, 7) is 6.99. The first-order valence-corrected chi connectivity index (χ1v) is 6.45. The molecule has 0 atom stereocenters. The monoisotopic (exact) mass is 260 g/mol. The van der Waals surface area contributed by atoms with Crippen LogP contribution < -0.4 is 5.32 Å². The normalized spacial score (nSPS) is 13.5. The third-order valence-electron chi connectivity index (χ3n) is 3.33. The van der Waals surface area contributed by atoms with Crippen molar-refractivity contribution < 1.29 is 8.91 Å². The minimum Gasteiger partial charge on any atom is -0.356 e. The summed E-state index contributed by atoms with van der Waals surface area (Å²) in [6.07, 6.45) is 0.701. The maximum absolute atomic E-state index is 13.2. The lowest BCUT2D eigenvalue weighted by atomic mass is 10.1. The van der Waals surface area contributed by atoms with Crippen molar-refractivity contribution >= 4 is 0 Å². The molecule has 0 spiro atoms. The second kappa shape index (κ2) is 4.17. The molecule has 1 heterocycles. The standard InChI is InChI=1S/C15H17FN2O/c1-15(2,3)17-8-13-12-7-9-6-10(16)4-5-11(9)14(12)19-18-13/h4-6,17H,7-8H2,1-3H3. The van der Waals surface area contributed by atoms with Crippen LogP contribution in [-0.4, -0.2) is 10.7 Å². The van der Waals surface area contributed by atoms with Gasteiger partial charge in [-0.1, -0.05) is 5.16 Å². The first-order chi connectivity index (χ1) is 8.94. The van der Waals surface area contributed by atoms with E-state index in [9.17, 15) is 4.39 Å². The average Bonchev–Trinajstić information content (AvgIpc) is 2.83. The molecule has 1 aromatic carbocycles. The van der Waals surface area contributed by atoms with Gasteiger partial charge in [0.2, 0.25) is 0 Å². The van der Waals surface area contributed by atoms with Crippen LogP contribution in [0.5, 0.6) is 0 Å². The van der Waals surface area contributed by atoms with Crippen LogP contribution in [0.1, 0.15) is 37.6 Å². The Kier molecular flexibility index (Phi) is 2.71. The molecule has 3 rings (SSSR count). The first-order valence-electron chi connectivity index (χ1n) is 6.45. The van der Waals surface area contributed by atoms with Crippen LogP contribution in [0.15, 0.2) is 22.7 Å². The molecule has 0 bridgehead atoms. The molecule has 1 aromatic heterocycles. The number of benzene rings is 1. The smallest absolute Gasteiger partial charge is 0.170 e. The number of hydrogen-bond acceptors (Lipinski definition) is 3. The zero-order valence-corrected chi connectivity index (χ0v) is 11.4. The van der Waals surface area contributed by atoms with Crippen LogP contribution in [-0.2, 0) is 13.0 Å². The molecule has 19 heavy (non-hydrogen) atoms. The Morgan fingerprint density at radius 2 is 2.16 bits per heavy atom. The van der Waals surface area contributed by atoms with Gasteiger partial charge in [-0.15, -0.1) is 0 Å². The Balaban J connectivity index is 1.89. The van der Waals surface area contributed by atoms with E-state index in [1.807, 2.05) is 0 Å². The van der Waals surface area contributed by atoms with Crippen molar-refractivity contribution in [1.82, 2.24) is 10.5 Å². The van der Waals surface area contributed by atoms with Crippen molar-refractivity contribution in [2.24, 2.45) is 0 Å². The molecule has 0 unspecified atom stereocenters. The lowest BCUT2D eigenvalue weighted by molar-refractivity contribution is 0.392. The van der Waals surface area contributed by atoms with Gasteiger partial charge in [0.1, 0.15) is 11.5 Å². The average molecular weight is 260 g/mol. The van der Waals surface area contributed by atoms with Gasteiger partial charge in [0, 0.05) is 29.6 Å². The summed E-state index contributed by atoms with van der Waals surface area (Å²) in [4.78, 5) is 0. The van der Waals surface area contributed by atoms with Crippen molar-refractivity contribution in [1.29, 1.82) is 0 Å². The van der Waals surface area contributed by atoms with E-state index in [0.717, 1.165) is 28.1 Å². The van der Waals surface area contributed by atoms with Crippen molar-refractivity contribution in [2.45, 2.75) is 39.3 Å². The summed E-state index contributed by atoms with van der Waals surface area (Å²) in [5, 5.41) is 7.53. The van der Waals surface area contributed by atoms with Gasteiger partial charge >= 0.3 is 0 Å². The van der Waals surface area contributed by atoms with E-state index < -0.39 is 0 Å². The third-order valence-corrected chi connectivity index (χ3v) is 3.33. The molecule has 0 aliphatic heterocycles. The highest BCUT2D eigenvalue weighted by Crippen LogP contribution is 2.38. The fourth-order valence-corrected chi connectivity index (χ4v) is 2.34. The van der Waals surface area contributed by atoms with E-state index in [-0.39, 0.29) is 11.4 Å². The predicted molar refractivity (Wildman–Crippen MR) is 71.3 cm³/mol. The number of nitrogens with zero attached hydrogens (tertiary/aromatic N) is 1. The van der Waals surface area contributed by atoms with Crippen molar-refractivity contribution in [3.63, 3.8) is 0 Å². The second-order valence-electron chi connectivity index (χ2n) is 6.02. The maximum atomic E-state index is 13.2. The Morgan fingerprint density at radius 3 is 2.89 bits per heavy atom. The summed E-state index contributed by atoms with van der Waals surface area (Å²) in [5.41, 5.74) is 3.97. The molecule has 1 aliphatic rings. The summed E-state index contributed by atoms with van der Waals surface area (Å²) in [7, 11) is 0. The minimum atomic E-state index is -0.203. The van der Waals surface area contributed by atoms with E-state index in [1.165, 1.54) is 6.07 Å². The molecule has 0 amide bonds. The Bertz CT molecular complexity index is 626. The van der Waals surface area contributed by atoms with Crippen LogP contribution in [0.4, 0.5) is 4.39 Å². The van der Waals surface area contributed by atoms with Gasteiger partial charge in [0.25, 0.3) is 0 Å². The molecule has 0 saturated heterocycles. The van der Waals surface area contributed by atoms with Gasteiger partial charge < -0.3 is 9.84 Å². The summed E-state index contributed by atoms with van der Waals surface area (Å²) in [5.74, 6) is 0.590. The fraction of sp³-hybridized carbons (Fsp3) is 0.400. The third kappa shape index (κ3) is 2.28. The second-order valence-corrected chi connectivity index (χ2v) is 6.02. The SMILES string of the molecule is CC(C)(C)NCc1noc2c1Cc1cc(F)ccc1-2. The van der Waals surface area contributed by atoms with Crippen LogP contribution in [0, 0.1) is 5.82 Å². The Labute approximate surface area is 111 Å². The van der Waals surface area contributed by atoms with E-state index in [2.05, 4.69) is 31.2 Å². The quantitative estimate of drug-likeness (QED) is 0.768.